The predicted octanol–water partition coefficient (Wildman–Crippen LogP) is 3.38. The molecule has 7 nitrogen and oxygen atoms in total. The van der Waals surface area contributed by atoms with E-state index in [4.69, 9.17) is 9.47 Å². The Bertz CT molecular complexity index is 1090. The Balaban J connectivity index is 1.65. The van der Waals surface area contributed by atoms with Gasteiger partial charge in [0, 0.05) is 23.9 Å². The van der Waals surface area contributed by atoms with E-state index in [1.165, 1.54) is 18.4 Å². The maximum Gasteiger partial charge on any atom is 0.275 e. The summed E-state index contributed by atoms with van der Waals surface area (Å²) in [5.41, 5.74) is 4.34. The van der Waals surface area contributed by atoms with Gasteiger partial charge in [-0.05, 0) is 50.9 Å². The van der Waals surface area contributed by atoms with E-state index in [1.807, 2.05) is 32.0 Å². The van der Waals surface area contributed by atoms with Crippen molar-refractivity contribution in [2.75, 3.05) is 20.8 Å². The van der Waals surface area contributed by atoms with E-state index in [0.29, 0.717) is 11.2 Å². The summed E-state index contributed by atoms with van der Waals surface area (Å²) in [5.74, 6) is 1.48. The molecule has 0 radical (unpaired) electrons. The minimum Gasteiger partial charge on any atom is -0.493 e. The molecule has 1 aliphatic heterocycles. The van der Waals surface area contributed by atoms with Crippen molar-refractivity contribution < 1.29 is 9.47 Å². The van der Waals surface area contributed by atoms with Crippen molar-refractivity contribution in [2.45, 2.75) is 45.7 Å². The number of aryl methyl sites for hydroxylation is 1. The monoisotopic (exact) mass is 396 g/mol. The number of hydrogen-bond acceptors (Lipinski definition) is 5. The van der Waals surface area contributed by atoms with Crippen LogP contribution in [0.25, 0.3) is 5.65 Å². The molecule has 0 bridgehead atoms. The zero-order chi connectivity index (χ0) is 20.5. The second-order valence-corrected chi connectivity index (χ2v) is 7.70. The van der Waals surface area contributed by atoms with Crippen LogP contribution in [0, 0.1) is 13.8 Å². The van der Waals surface area contributed by atoms with Gasteiger partial charge in [0.25, 0.3) is 5.56 Å². The number of benzene rings is 1. The summed E-state index contributed by atoms with van der Waals surface area (Å²) in [5, 5.41) is 3.31. The molecule has 1 saturated heterocycles. The maximum absolute atomic E-state index is 12.6. The molecule has 1 aliphatic rings. The Morgan fingerprint density at radius 1 is 1.14 bits per heavy atom. The number of nitrogens with one attached hydrogen (secondary N) is 1. The Labute approximate surface area is 170 Å². The quantitative estimate of drug-likeness (QED) is 0.716. The molecule has 1 N–H and O–H groups in total. The second kappa shape index (κ2) is 7.91. The van der Waals surface area contributed by atoms with Crippen LogP contribution < -0.4 is 15.0 Å². The van der Waals surface area contributed by atoms with E-state index in [1.54, 1.807) is 18.7 Å². The van der Waals surface area contributed by atoms with Crippen molar-refractivity contribution in [1.29, 1.82) is 0 Å². The lowest BCUT2D eigenvalue weighted by atomic mass is 9.98. The van der Waals surface area contributed by atoms with E-state index in [-0.39, 0.29) is 11.6 Å². The molecule has 4 rings (SSSR count). The average Bonchev–Trinajstić information content (AvgIpc) is 3.16. The molecule has 1 aromatic carbocycles. The van der Waals surface area contributed by atoms with Gasteiger partial charge in [-0.3, -0.25) is 14.8 Å². The second-order valence-electron chi connectivity index (χ2n) is 7.70. The SMILES string of the molecule is COc1ccc(CN2CCCCC2c2cc3nc(C)c(C)c(=O)n3[nH]2)cc1OC. The van der Waals surface area contributed by atoms with Crippen LogP contribution in [0.2, 0.25) is 0 Å². The molecule has 2 aromatic heterocycles. The Kier molecular flexibility index (Phi) is 5.32. The molecule has 154 valence electrons. The summed E-state index contributed by atoms with van der Waals surface area (Å²) in [6.07, 6.45) is 3.39. The number of nitrogens with zero attached hydrogens (tertiary/aromatic N) is 3. The van der Waals surface area contributed by atoms with Gasteiger partial charge in [0.1, 0.15) is 0 Å². The highest BCUT2D eigenvalue weighted by atomic mass is 16.5. The third-order valence-electron chi connectivity index (χ3n) is 5.91. The maximum atomic E-state index is 12.6. The fourth-order valence-corrected chi connectivity index (χ4v) is 4.15. The summed E-state index contributed by atoms with van der Waals surface area (Å²) in [7, 11) is 3.30. The van der Waals surface area contributed by atoms with Crippen LogP contribution in [-0.2, 0) is 6.54 Å². The number of methoxy groups -OCH3 is 2. The predicted molar refractivity (Wildman–Crippen MR) is 112 cm³/mol. The van der Waals surface area contributed by atoms with E-state index in [0.717, 1.165) is 42.4 Å². The van der Waals surface area contributed by atoms with Gasteiger partial charge < -0.3 is 9.47 Å². The molecule has 1 fully saturated rings. The van der Waals surface area contributed by atoms with E-state index < -0.39 is 0 Å². The number of piperidine rings is 1. The lowest BCUT2D eigenvalue weighted by Crippen LogP contribution is -2.33. The number of rotatable bonds is 5. The molecule has 3 heterocycles. The molecule has 0 spiro atoms. The normalized spacial score (nSPS) is 17.6. The highest BCUT2D eigenvalue weighted by Crippen LogP contribution is 2.33. The Morgan fingerprint density at radius 3 is 2.69 bits per heavy atom. The molecular weight excluding hydrogens is 368 g/mol. The number of aromatic nitrogens is 3. The summed E-state index contributed by atoms with van der Waals surface area (Å²) in [6.45, 7) is 5.52. The standard InChI is InChI=1S/C22H28N4O3/c1-14-15(2)23-21-12-17(24-26(21)22(14)27)18-7-5-6-10-25(18)13-16-8-9-19(28-3)20(11-16)29-4/h8-9,11-12,18,24H,5-7,10,13H2,1-4H3. The molecule has 0 amide bonds. The van der Waals surface area contributed by atoms with Crippen LogP contribution in [0.1, 0.15) is 47.8 Å². The summed E-state index contributed by atoms with van der Waals surface area (Å²) in [4.78, 5) is 19.6. The van der Waals surface area contributed by atoms with Gasteiger partial charge in [-0.25, -0.2) is 9.50 Å². The minimum absolute atomic E-state index is 0.0269. The highest BCUT2D eigenvalue weighted by Gasteiger charge is 2.26. The largest absolute Gasteiger partial charge is 0.493 e. The number of hydrogen-bond donors (Lipinski definition) is 1. The van der Waals surface area contributed by atoms with Crippen molar-refractivity contribution >= 4 is 5.65 Å². The van der Waals surface area contributed by atoms with E-state index in [2.05, 4.69) is 21.0 Å². The van der Waals surface area contributed by atoms with Gasteiger partial charge in [0.15, 0.2) is 17.1 Å². The first-order chi connectivity index (χ1) is 14.0. The smallest absolute Gasteiger partial charge is 0.275 e. The van der Waals surface area contributed by atoms with Crippen LogP contribution >= 0.6 is 0 Å². The first-order valence-electron chi connectivity index (χ1n) is 10.1. The first kappa shape index (κ1) is 19.5. The molecule has 0 saturated carbocycles. The minimum atomic E-state index is -0.0269. The van der Waals surface area contributed by atoms with Crippen LogP contribution in [0.4, 0.5) is 0 Å². The molecular formula is C22H28N4O3. The topological polar surface area (TPSA) is 71.9 Å². The number of ether oxygens (including phenoxy) is 2. The number of H-pyrrole nitrogens is 1. The average molecular weight is 396 g/mol. The summed E-state index contributed by atoms with van der Waals surface area (Å²) < 4.78 is 12.4. The molecule has 1 unspecified atom stereocenters. The molecule has 0 aliphatic carbocycles. The molecule has 1 atom stereocenters. The van der Waals surface area contributed by atoms with Crippen LogP contribution in [0.15, 0.2) is 29.1 Å². The van der Waals surface area contributed by atoms with Gasteiger partial charge in [0.2, 0.25) is 0 Å². The third kappa shape index (κ3) is 3.62. The van der Waals surface area contributed by atoms with E-state index in [9.17, 15) is 4.79 Å². The van der Waals surface area contributed by atoms with Crippen LogP contribution in [0.3, 0.4) is 0 Å². The highest BCUT2D eigenvalue weighted by molar-refractivity contribution is 5.44. The summed E-state index contributed by atoms with van der Waals surface area (Å²) >= 11 is 0. The van der Waals surface area contributed by atoms with Crippen molar-refractivity contribution in [1.82, 2.24) is 19.5 Å². The van der Waals surface area contributed by atoms with Gasteiger partial charge in [-0.1, -0.05) is 12.5 Å². The van der Waals surface area contributed by atoms with Crippen LogP contribution in [0.5, 0.6) is 11.5 Å². The number of aromatic amines is 1. The van der Waals surface area contributed by atoms with Crippen molar-refractivity contribution in [3.8, 4) is 11.5 Å². The molecule has 3 aromatic rings. The lowest BCUT2D eigenvalue weighted by molar-refractivity contribution is 0.137. The zero-order valence-corrected chi connectivity index (χ0v) is 17.5. The molecule has 29 heavy (non-hydrogen) atoms. The molecule has 7 heteroatoms. The Morgan fingerprint density at radius 2 is 1.93 bits per heavy atom. The number of likely N-dealkylation sites (tertiary alicyclic amines) is 1. The lowest BCUT2D eigenvalue weighted by Gasteiger charge is -2.35. The van der Waals surface area contributed by atoms with Crippen molar-refractivity contribution in [3.63, 3.8) is 0 Å². The third-order valence-corrected chi connectivity index (χ3v) is 5.91. The van der Waals surface area contributed by atoms with E-state index >= 15 is 0 Å². The first-order valence-corrected chi connectivity index (χ1v) is 10.1. The van der Waals surface area contributed by atoms with Crippen LogP contribution in [-0.4, -0.2) is 40.3 Å². The van der Waals surface area contributed by atoms with Gasteiger partial charge in [-0.2, -0.15) is 0 Å². The zero-order valence-electron chi connectivity index (χ0n) is 17.5. The van der Waals surface area contributed by atoms with Crippen molar-refractivity contribution in [3.05, 3.63) is 57.1 Å². The summed E-state index contributed by atoms with van der Waals surface area (Å²) in [6, 6.07) is 8.31. The fourth-order valence-electron chi connectivity index (χ4n) is 4.15. The number of fused-ring (bicyclic) bond motifs is 1. The van der Waals surface area contributed by atoms with Gasteiger partial charge in [-0.15, -0.1) is 0 Å². The van der Waals surface area contributed by atoms with Gasteiger partial charge in [0.05, 0.1) is 26.0 Å². The van der Waals surface area contributed by atoms with Gasteiger partial charge >= 0.3 is 0 Å². The Hall–Kier alpha value is -2.80. The van der Waals surface area contributed by atoms with Crippen molar-refractivity contribution in [2.24, 2.45) is 0 Å². The fraction of sp³-hybridized carbons (Fsp3) is 0.455.